The van der Waals surface area contributed by atoms with Gasteiger partial charge in [-0.25, -0.2) is 0 Å². The van der Waals surface area contributed by atoms with Crippen LogP contribution in [0.5, 0.6) is 0 Å². The lowest BCUT2D eigenvalue weighted by Crippen LogP contribution is -2.29. The quantitative estimate of drug-likeness (QED) is 0.941. The predicted octanol–water partition coefficient (Wildman–Crippen LogP) is 2.04. The van der Waals surface area contributed by atoms with Crippen molar-refractivity contribution < 1.29 is 4.79 Å². The fraction of sp³-hybridized carbons (Fsp3) is 0.286. The van der Waals surface area contributed by atoms with Crippen LogP contribution in [0.4, 0.5) is 0 Å². The second-order valence-corrected chi connectivity index (χ2v) is 5.73. The van der Waals surface area contributed by atoms with E-state index in [0.717, 1.165) is 22.8 Å². The number of benzene rings is 1. The van der Waals surface area contributed by atoms with Crippen molar-refractivity contribution in [2.45, 2.75) is 25.4 Å². The van der Waals surface area contributed by atoms with E-state index in [1.54, 1.807) is 16.8 Å². The van der Waals surface area contributed by atoms with Gasteiger partial charge in [-0.3, -0.25) is 9.59 Å². The Morgan fingerprint density at radius 1 is 1.37 bits per heavy atom. The average molecular weight is 321 g/mol. The van der Waals surface area contributed by atoms with E-state index in [1.807, 2.05) is 12.1 Å². The number of amides is 1. The first-order chi connectivity index (χ1) is 9.13. The summed E-state index contributed by atoms with van der Waals surface area (Å²) >= 11 is 3.36. The summed E-state index contributed by atoms with van der Waals surface area (Å²) in [5, 5.41) is 3.57. The number of carbonyl (C=O) groups is 1. The van der Waals surface area contributed by atoms with Crippen molar-refractivity contribution in [2.75, 3.05) is 0 Å². The molecule has 1 saturated carbocycles. The van der Waals surface area contributed by atoms with Crippen LogP contribution in [-0.2, 0) is 11.3 Å². The second kappa shape index (κ2) is 4.81. The number of nitrogens with zero attached hydrogens (tertiary/aromatic N) is 1. The van der Waals surface area contributed by atoms with Gasteiger partial charge in [0.1, 0.15) is 6.54 Å². The summed E-state index contributed by atoms with van der Waals surface area (Å²) < 4.78 is 2.67. The van der Waals surface area contributed by atoms with Gasteiger partial charge < -0.3 is 9.88 Å². The number of pyridine rings is 1. The van der Waals surface area contributed by atoms with E-state index in [1.165, 1.54) is 6.07 Å². The van der Waals surface area contributed by atoms with Crippen LogP contribution in [0.15, 0.2) is 39.7 Å². The van der Waals surface area contributed by atoms with Crippen molar-refractivity contribution in [1.29, 1.82) is 0 Å². The molecule has 98 valence electrons. The van der Waals surface area contributed by atoms with Crippen LogP contribution in [0.25, 0.3) is 10.9 Å². The lowest BCUT2D eigenvalue weighted by Gasteiger charge is -2.10. The van der Waals surface area contributed by atoms with Crippen molar-refractivity contribution in [1.82, 2.24) is 9.88 Å². The number of aromatic nitrogens is 1. The van der Waals surface area contributed by atoms with Crippen molar-refractivity contribution in [3.8, 4) is 0 Å². The third-order valence-electron chi connectivity index (χ3n) is 3.20. The zero-order valence-electron chi connectivity index (χ0n) is 10.2. The van der Waals surface area contributed by atoms with E-state index in [2.05, 4.69) is 21.2 Å². The number of rotatable bonds is 3. The molecule has 1 aromatic carbocycles. The number of fused-ring (bicyclic) bond motifs is 1. The molecule has 0 atom stereocenters. The van der Waals surface area contributed by atoms with Crippen LogP contribution in [-0.4, -0.2) is 16.5 Å². The standard InChI is InChI=1S/C14H13BrN2O2/c15-9-1-4-12-11(7-9)13(18)5-6-17(12)8-14(19)16-10-2-3-10/h1,4-7,10H,2-3,8H2,(H,16,19). The van der Waals surface area contributed by atoms with Gasteiger partial charge in [-0.15, -0.1) is 0 Å². The molecule has 4 nitrogen and oxygen atoms in total. The van der Waals surface area contributed by atoms with Crippen LogP contribution < -0.4 is 10.7 Å². The summed E-state index contributed by atoms with van der Waals surface area (Å²) in [7, 11) is 0. The third-order valence-corrected chi connectivity index (χ3v) is 3.69. The fourth-order valence-electron chi connectivity index (χ4n) is 2.08. The Morgan fingerprint density at radius 3 is 2.89 bits per heavy atom. The molecular formula is C14H13BrN2O2. The third kappa shape index (κ3) is 2.71. The number of hydrogen-bond donors (Lipinski definition) is 1. The van der Waals surface area contributed by atoms with Gasteiger partial charge in [0.15, 0.2) is 5.43 Å². The molecule has 5 heteroatoms. The van der Waals surface area contributed by atoms with E-state index in [-0.39, 0.29) is 17.9 Å². The molecule has 0 saturated heterocycles. The Labute approximate surface area is 118 Å². The summed E-state index contributed by atoms with van der Waals surface area (Å²) in [5.74, 6) is -0.00429. The van der Waals surface area contributed by atoms with Crippen LogP contribution in [0.1, 0.15) is 12.8 Å². The number of hydrogen-bond acceptors (Lipinski definition) is 2. The fourth-order valence-corrected chi connectivity index (χ4v) is 2.44. The number of carbonyl (C=O) groups excluding carboxylic acids is 1. The highest BCUT2D eigenvalue weighted by Crippen LogP contribution is 2.19. The Kier molecular flexibility index (Phi) is 3.14. The van der Waals surface area contributed by atoms with Gasteiger partial charge in [0.2, 0.25) is 5.91 Å². The first kappa shape index (κ1) is 12.4. The Bertz CT molecular complexity index is 704. The van der Waals surface area contributed by atoms with Crippen molar-refractivity contribution in [3.05, 3.63) is 45.2 Å². The number of halogens is 1. The van der Waals surface area contributed by atoms with Gasteiger partial charge in [-0.2, -0.15) is 0 Å². The summed E-state index contributed by atoms with van der Waals surface area (Å²) in [4.78, 5) is 23.7. The molecule has 1 N–H and O–H groups in total. The Hall–Kier alpha value is -1.62. The van der Waals surface area contributed by atoms with E-state index in [0.29, 0.717) is 11.4 Å². The molecule has 0 aliphatic heterocycles. The molecule has 1 heterocycles. The minimum atomic E-state index is -0.0323. The highest BCUT2D eigenvalue weighted by Gasteiger charge is 2.23. The molecule has 1 aliphatic carbocycles. The van der Waals surface area contributed by atoms with Crippen molar-refractivity contribution in [2.24, 2.45) is 0 Å². The first-order valence-corrected chi connectivity index (χ1v) is 7.01. The average Bonchev–Trinajstić information content (AvgIpc) is 3.17. The summed E-state index contributed by atoms with van der Waals surface area (Å²) in [5.41, 5.74) is 0.747. The summed E-state index contributed by atoms with van der Waals surface area (Å²) in [6.07, 6.45) is 3.82. The maximum Gasteiger partial charge on any atom is 0.240 e. The van der Waals surface area contributed by atoms with Crippen LogP contribution in [0.3, 0.4) is 0 Å². The normalized spacial score (nSPS) is 14.6. The molecule has 3 rings (SSSR count). The molecule has 1 aromatic heterocycles. The molecule has 1 amide bonds. The monoisotopic (exact) mass is 320 g/mol. The predicted molar refractivity (Wildman–Crippen MR) is 77.1 cm³/mol. The highest BCUT2D eigenvalue weighted by molar-refractivity contribution is 9.10. The van der Waals surface area contributed by atoms with E-state index < -0.39 is 0 Å². The SMILES string of the molecule is O=C(Cn1ccc(=O)c2cc(Br)ccc21)NC1CC1. The number of nitrogens with one attached hydrogen (secondary N) is 1. The molecule has 19 heavy (non-hydrogen) atoms. The minimum absolute atomic E-state index is 0.00429. The van der Waals surface area contributed by atoms with Gasteiger partial charge >= 0.3 is 0 Å². The van der Waals surface area contributed by atoms with Crippen LogP contribution in [0.2, 0.25) is 0 Å². The molecule has 0 unspecified atom stereocenters. The molecule has 0 radical (unpaired) electrons. The maximum atomic E-state index is 11.8. The van der Waals surface area contributed by atoms with Crippen LogP contribution in [0, 0.1) is 0 Å². The molecule has 0 spiro atoms. The highest BCUT2D eigenvalue weighted by atomic mass is 79.9. The van der Waals surface area contributed by atoms with Crippen molar-refractivity contribution >= 4 is 32.7 Å². The van der Waals surface area contributed by atoms with E-state index >= 15 is 0 Å². The van der Waals surface area contributed by atoms with Gasteiger partial charge in [0.25, 0.3) is 0 Å². The largest absolute Gasteiger partial charge is 0.352 e. The summed E-state index contributed by atoms with van der Waals surface area (Å²) in [6, 6.07) is 7.36. The van der Waals surface area contributed by atoms with Crippen molar-refractivity contribution in [3.63, 3.8) is 0 Å². The van der Waals surface area contributed by atoms with Gasteiger partial charge in [-0.05, 0) is 31.0 Å². The topological polar surface area (TPSA) is 51.1 Å². The molecule has 0 bridgehead atoms. The Balaban J connectivity index is 1.96. The molecular weight excluding hydrogens is 308 g/mol. The van der Waals surface area contributed by atoms with E-state index in [4.69, 9.17) is 0 Å². The minimum Gasteiger partial charge on any atom is -0.352 e. The zero-order chi connectivity index (χ0) is 13.4. The lowest BCUT2D eigenvalue weighted by atomic mass is 10.2. The second-order valence-electron chi connectivity index (χ2n) is 4.81. The molecule has 1 aliphatic rings. The van der Waals surface area contributed by atoms with Crippen LogP contribution >= 0.6 is 15.9 Å². The Morgan fingerprint density at radius 2 is 2.16 bits per heavy atom. The summed E-state index contributed by atoms with van der Waals surface area (Å²) in [6.45, 7) is 0.245. The first-order valence-electron chi connectivity index (χ1n) is 6.21. The van der Waals surface area contributed by atoms with Gasteiger partial charge in [0.05, 0.1) is 5.52 Å². The smallest absolute Gasteiger partial charge is 0.240 e. The molecule has 1 fully saturated rings. The van der Waals surface area contributed by atoms with Gasteiger partial charge in [0, 0.05) is 28.2 Å². The van der Waals surface area contributed by atoms with E-state index in [9.17, 15) is 9.59 Å². The lowest BCUT2D eigenvalue weighted by molar-refractivity contribution is -0.121. The van der Waals surface area contributed by atoms with Gasteiger partial charge in [-0.1, -0.05) is 15.9 Å². The zero-order valence-corrected chi connectivity index (χ0v) is 11.8. The molecule has 2 aromatic rings. The maximum absolute atomic E-state index is 11.8.